The lowest BCUT2D eigenvalue weighted by molar-refractivity contribution is 0.245. The van der Waals surface area contributed by atoms with E-state index in [9.17, 15) is 0 Å². The summed E-state index contributed by atoms with van der Waals surface area (Å²) in [7, 11) is 1.99. The molecule has 2 fully saturated rings. The summed E-state index contributed by atoms with van der Waals surface area (Å²) in [6, 6.07) is 2.07. The van der Waals surface area contributed by atoms with Gasteiger partial charge in [0.2, 0.25) is 0 Å². The van der Waals surface area contributed by atoms with Crippen molar-refractivity contribution in [3.63, 3.8) is 0 Å². The van der Waals surface area contributed by atoms with Crippen molar-refractivity contribution in [1.29, 1.82) is 0 Å². The van der Waals surface area contributed by atoms with E-state index in [1.165, 1.54) is 25.0 Å². The SMILES string of the molecule is Cn1nccc1[C@@]12CCC[C@H]1O2. The number of epoxide rings is 1. The number of aromatic nitrogens is 2. The van der Waals surface area contributed by atoms with Crippen LogP contribution in [-0.4, -0.2) is 15.9 Å². The summed E-state index contributed by atoms with van der Waals surface area (Å²) in [5.74, 6) is 0. The van der Waals surface area contributed by atoms with Gasteiger partial charge in [-0.25, -0.2) is 0 Å². The largest absolute Gasteiger partial charge is 0.359 e. The van der Waals surface area contributed by atoms with Crippen LogP contribution >= 0.6 is 0 Å². The molecule has 0 amide bonds. The first-order valence-corrected chi connectivity index (χ1v) is 4.49. The molecule has 64 valence electrons. The standard InChI is InChI=1S/C9H12N2O/c1-11-7(4-6-10-11)9-5-2-3-8(9)12-9/h4,6,8H,2-3,5H2,1H3/t8-,9+/m1/s1. The number of hydrogen-bond acceptors (Lipinski definition) is 2. The van der Waals surface area contributed by atoms with Crippen molar-refractivity contribution >= 4 is 0 Å². The molecule has 1 saturated heterocycles. The zero-order chi connectivity index (χ0) is 8.18. The van der Waals surface area contributed by atoms with Crippen LogP contribution in [0.25, 0.3) is 0 Å². The third kappa shape index (κ3) is 0.630. The average molecular weight is 164 g/mol. The maximum absolute atomic E-state index is 5.70. The number of hydrogen-bond donors (Lipinski definition) is 0. The Labute approximate surface area is 71.3 Å². The van der Waals surface area contributed by atoms with Crippen LogP contribution in [0.2, 0.25) is 0 Å². The maximum Gasteiger partial charge on any atom is 0.136 e. The Morgan fingerprint density at radius 3 is 3.17 bits per heavy atom. The topological polar surface area (TPSA) is 30.4 Å². The molecule has 12 heavy (non-hydrogen) atoms. The molecule has 0 spiro atoms. The molecule has 3 heteroatoms. The number of ether oxygens (including phenoxy) is 1. The summed E-state index contributed by atoms with van der Waals surface area (Å²) < 4.78 is 7.64. The predicted octanol–water partition coefficient (Wildman–Crippen LogP) is 1.20. The summed E-state index contributed by atoms with van der Waals surface area (Å²) in [5, 5.41) is 4.17. The smallest absolute Gasteiger partial charge is 0.136 e. The maximum atomic E-state index is 5.70. The molecule has 1 aromatic rings. The fourth-order valence-electron chi connectivity index (χ4n) is 2.42. The number of fused-ring (bicyclic) bond motifs is 1. The molecule has 0 bridgehead atoms. The zero-order valence-electron chi connectivity index (χ0n) is 7.16. The summed E-state index contributed by atoms with van der Waals surface area (Å²) in [4.78, 5) is 0. The predicted molar refractivity (Wildman–Crippen MR) is 43.6 cm³/mol. The second-order valence-electron chi connectivity index (χ2n) is 3.73. The Bertz CT molecular complexity index is 320. The van der Waals surface area contributed by atoms with Gasteiger partial charge in [0.15, 0.2) is 0 Å². The summed E-state index contributed by atoms with van der Waals surface area (Å²) in [5.41, 5.74) is 1.33. The van der Waals surface area contributed by atoms with E-state index in [0.717, 1.165) is 0 Å². The van der Waals surface area contributed by atoms with Gasteiger partial charge in [-0.05, 0) is 25.3 Å². The van der Waals surface area contributed by atoms with Gasteiger partial charge in [-0.1, -0.05) is 0 Å². The molecule has 2 heterocycles. The third-order valence-electron chi connectivity index (χ3n) is 3.08. The van der Waals surface area contributed by atoms with Crippen molar-refractivity contribution in [2.24, 2.45) is 7.05 Å². The van der Waals surface area contributed by atoms with Crippen molar-refractivity contribution in [3.05, 3.63) is 18.0 Å². The molecule has 2 aliphatic rings. The van der Waals surface area contributed by atoms with E-state index >= 15 is 0 Å². The number of aryl methyl sites for hydroxylation is 1. The second-order valence-corrected chi connectivity index (χ2v) is 3.73. The molecule has 1 saturated carbocycles. The number of rotatable bonds is 1. The molecule has 1 aliphatic heterocycles. The fourth-order valence-corrected chi connectivity index (χ4v) is 2.42. The van der Waals surface area contributed by atoms with Gasteiger partial charge in [-0.2, -0.15) is 5.10 Å². The minimum atomic E-state index is 0.0747. The normalized spacial score (nSPS) is 38.2. The van der Waals surface area contributed by atoms with Crippen LogP contribution in [0.3, 0.4) is 0 Å². The highest BCUT2D eigenvalue weighted by molar-refractivity contribution is 5.24. The minimum Gasteiger partial charge on any atom is -0.359 e. The van der Waals surface area contributed by atoms with Crippen LogP contribution in [0.15, 0.2) is 12.3 Å². The zero-order valence-corrected chi connectivity index (χ0v) is 7.16. The van der Waals surface area contributed by atoms with Gasteiger partial charge in [0.05, 0.1) is 11.8 Å². The van der Waals surface area contributed by atoms with Crippen molar-refractivity contribution in [3.8, 4) is 0 Å². The molecule has 3 rings (SSSR count). The van der Waals surface area contributed by atoms with E-state index < -0.39 is 0 Å². The van der Waals surface area contributed by atoms with Gasteiger partial charge in [0.1, 0.15) is 5.60 Å². The molecule has 3 nitrogen and oxygen atoms in total. The van der Waals surface area contributed by atoms with Gasteiger partial charge in [-0.3, -0.25) is 4.68 Å². The molecule has 0 unspecified atom stereocenters. The molecular formula is C9H12N2O. The minimum absolute atomic E-state index is 0.0747. The summed E-state index contributed by atoms with van der Waals surface area (Å²) in [6.45, 7) is 0. The van der Waals surface area contributed by atoms with E-state index in [1.54, 1.807) is 0 Å². The number of nitrogens with zero attached hydrogens (tertiary/aromatic N) is 2. The Kier molecular flexibility index (Phi) is 1.06. The molecule has 1 aliphatic carbocycles. The van der Waals surface area contributed by atoms with E-state index in [-0.39, 0.29) is 5.60 Å². The van der Waals surface area contributed by atoms with E-state index in [1.807, 2.05) is 17.9 Å². The van der Waals surface area contributed by atoms with E-state index in [0.29, 0.717) is 6.10 Å². The molecule has 0 N–H and O–H groups in total. The molecular weight excluding hydrogens is 152 g/mol. The van der Waals surface area contributed by atoms with Gasteiger partial charge in [-0.15, -0.1) is 0 Å². The molecule has 0 aromatic carbocycles. The highest BCUT2D eigenvalue weighted by Crippen LogP contribution is 2.56. The summed E-state index contributed by atoms with van der Waals surface area (Å²) in [6.07, 6.45) is 6.05. The van der Waals surface area contributed by atoms with E-state index in [4.69, 9.17) is 4.74 Å². The first-order chi connectivity index (χ1) is 5.83. The summed E-state index contributed by atoms with van der Waals surface area (Å²) >= 11 is 0. The lowest BCUT2D eigenvalue weighted by Crippen LogP contribution is -2.12. The Morgan fingerprint density at radius 2 is 2.67 bits per heavy atom. The quantitative estimate of drug-likeness (QED) is 0.584. The van der Waals surface area contributed by atoms with Crippen molar-refractivity contribution in [2.45, 2.75) is 31.0 Å². The Balaban J connectivity index is 2.04. The van der Waals surface area contributed by atoms with Crippen LogP contribution in [0.4, 0.5) is 0 Å². The Hall–Kier alpha value is -0.830. The van der Waals surface area contributed by atoms with Crippen molar-refractivity contribution < 1.29 is 4.74 Å². The van der Waals surface area contributed by atoms with Crippen LogP contribution in [0.5, 0.6) is 0 Å². The highest BCUT2D eigenvalue weighted by Gasteiger charge is 2.61. The fraction of sp³-hybridized carbons (Fsp3) is 0.667. The third-order valence-corrected chi connectivity index (χ3v) is 3.08. The van der Waals surface area contributed by atoms with Gasteiger partial charge < -0.3 is 4.74 Å². The monoisotopic (exact) mass is 164 g/mol. The van der Waals surface area contributed by atoms with Crippen LogP contribution in [0.1, 0.15) is 25.0 Å². The van der Waals surface area contributed by atoms with Crippen LogP contribution in [-0.2, 0) is 17.4 Å². The lowest BCUT2D eigenvalue weighted by Gasteiger charge is -2.07. The van der Waals surface area contributed by atoms with Crippen LogP contribution in [0, 0.1) is 0 Å². The second kappa shape index (κ2) is 1.91. The lowest BCUT2D eigenvalue weighted by atomic mass is 10.0. The molecule has 0 radical (unpaired) electrons. The first kappa shape index (κ1) is 6.66. The van der Waals surface area contributed by atoms with Gasteiger partial charge in [0, 0.05) is 13.2 Å². The first-order valence-electron chi connectivity index (χ1n) is 4.49. The van der Waals surface area contributed by atoms with Gasteiger partial charge in [0.25, 0.3) is 0 Å². The molecule has 2 atom stereocenters. The van der Waals surface area contributed by atoms with E-state index in [2.05, 4.69) is 11.2 Å². The van der Waals surface area contributed by atoms with Crippen molar-refractivity contribution in [1.82, 2.24) is 9.78 Å². The Morgan fingerprint density at radius 1 is 1.75 bits per heavy atom. The average Bonchev–Trinajstić information content (AvgIpc) is 2.49. The van der Waals surface area contributed by atoms with Crippen LogP contribution < -0.4 is 0 Å². The van der Waals surface area contributed by atoms with Gasteiger partial charge >= 0.3 is 0 Å². The van der Waals surface area contributed by atoms with Crippen molar-refractivity contribution in [2.75, 3.05) is 0 Å². The molecule has 1 aromatic heterocycles. The highest BCUT2D eigenvalue weighted by atomic mass is 16.6.